The standard InChI is InChI=1S/C30H40N3O8/c1-29(2)16-21(17-30(3,4)33(29)36)41-28(35)31-18-26(34)32-22-13-19(11-12-23(22)37-5)9-10-20-14-24(38-6)27(40-8)25(15-20)39-7/h9-15,21H,16-18H2,1-8H3,(H,31,35)(H,32,34)/b10-9+. The molecule has 2 amide bonds. The highest BCUT2D eigenvalue weighted by molar-refractivity contribution is 5.95. The van der Waals surface area contributed by atoms with E-state index in [0.29, 0.717) is 41.5 Å². The molecule has 0 aliphatic carbocycles. The van der Waals surface area contributed by atoms with E-state index in [-0.39, 0.29) is 6.54 Å². The number of rotatable bonds is 10. The van der Waals surface area contributed by atoms with Crippen LogP contribution >= 0.6 is 0 Å². The van der Waals surface area contributed by atoms with E-state index < -0.39 is 29.2 Å². The van der Waals surface area contributed by atoms with Gasteiger partial charge in [-0.2, -0.15) is 0 Å². The van der Waals surface area contributed by atoms with E-state index in [4.69, 9.17) is 23.7 Å². The van der Waals surface area contributed by atoms with Gasteiger partial charge >= 0.3 is 6.09 Å². The molecule has 0 unspecified atom stereocenters. The highest BCUT2D eigenvalue weighted by atomic mass is 16.6. The summed E-state index contributed by atoms with van der Waals surface area (Å²) in [6, 6.07) is 8.97. The largest absolute Gasteiger partial charge is 0.495 e. The second-order valence-corrected chi connectivity index (χ2v) is 11.0. The maximum atomic E-state index is 12.7. The van der Waals surface area contributed by atoms with Gasteiger partial charge in [-0.05, 0) is 63.1 Å². The van der Waals surface area contributed by atoms with Gasteiger partial charge in [-0.3, -0.25) is 4.79 Å². The van der Waals surface area contributed by atoms with Gasteiger partial charge < -0.3 is 34.3 Å². The van der Waals surface area contributed by atoms with Crippen LogP contribution in [0.1, 0.15) is 51.7 Å². The number of hydrogen-bond donors (Lipinski definition) is 2. The van der Waals surface area contributed by atoms with Crippen molar-refractivity contribution in [3.8, 4) is 23.0 Å². The first-order chi connectivity index (χ1) is 19.3. The van der Waals surface area contributed by atoms with Crippen LogP contribution in [-0.4, -0.2) is 69.2 Å². The molecule has 2 N–H and O–H groups in total. The second-order valence-electron chi connectivity index (χ2n) is 11.0. The van der Waals surface area contributed by atoms with Crippen molar-refractivity contribution in [1.29, 1.82) is 0 Å². The Kier molecular flexibility index (Phi) is 10.1. The van der Waals surface area contributed by atoms with E-state index in [1.54, 1.807) is 33.5 Å². The maximum absolute atomic E-state index is 12.7. The first kappa shape index (κ1) is 31.6. The number of nitrogens with zero attached hydrogens (tertiary/aromatic N) is 1. The number of ether oxygens (including phenoxy) is 5. The molecule has 11 heteroatoms. The Morgan fingerprint density at radius 1 is 0.854 bits per heavy atom. The Hall–Kier alpha value is -3.96. The number of alkyl carbamates (subject to hydrolysis) is 1. The van der Waals surface area contributed by atoms with Gasteiger partial charge in [-0.15, -0.1) is 10.3 Å². The summed E-state index contributed by atoms with van der Waals surface area (Å²) in [5.41, 5.74) is 0.691. The van der Waals surface area contributed by atoms with Crippen LogP contribution in [0.25, 0.3) is 12.2 Å². The maximum Gasteiger partial charge on any atom is 0.407 e. The van der Waals surface area contributed by atoms with Gasteiger partial charge in [-0.1, -0.05) is 18.2 Å². The molecule has 3 rings (SSSR count). The number of carbonyl (C=O) groups is 2. The van der Waals surface area contributed by atoms with E-state index in [1.807, 2.05) is 58.0 Å². The summed E-state index contributed by atoms with van der Waals surface area (Å²) in [6.07, 6.45) is 3.37. The van der Waals surface area contributed by atoms with Crippen LogP contribution in [0.2, 0.25) is 0 Å². The predicted molar refractivity (Wildman–Crippen MR) is 155 cm³/mol. The van der Waals surface area contributed by atoms with Crippen molar-refractivity contribution in [2.24, 2.45) is 0 Å². The fraction of sp³-hybridized carbons (Fsp3) is 0.467. The van der Waals surface area contributed by atoms with Crippen LogP contribution in [0.5, 0.6) is 23.0 Å². The second kappa shape index (κ2) is 13.1. The minimum absolute atomic E-state index is 0.305. The number of hydroxylamine groups is 2. The lowest BCUT2D eigenvalue weighted by Crippen LogP contribution is -2.60. The van der Waals surface area contributed by atoms with Crippen LogP contribution in [0.3, 0.4) is 0 Å². The zero-order chi connectivity index (χ0) is 30.4. The number of benzene rings is 2. The highest BCUT2D eigenvalue weighted by Gasteiger charge is 2.47. The van der Waals surface area contributed by atoms with Crippen molar-refractivity contribution in [2.75, 3.05) is 40.3 Å². The summed E-state index contributed by atoms with van der Waals surface area (Å²) >= 11 is 0. The number of carbonyl (C=O) groups excluding carboxylic acids is 2. The molecule has 1 saturated heterocycles. The lowest BCUT2D eigenvalue weighted by molar-refractivity contribution is -0.298. The minimum Gasteiger partial charge on any atom is -0.495 e. The van der Waals surface area contributed by atoms with Gasteiger partial charge in [0.05, 0.1) is 34.1 Å². The average molecular weight is 571 g/mol. The third-order valence-corrected chi connectivity index (χ3v) is 6.87. The van der Waals surface area contributed by atoms with Crippen LogP contribution < -0.4 is 29.6 Å². The Balaban J connectivity index is 1.64. The Bertz CT molecular complexity index is 1230. The molecule has 0 saturated carbocycles. The van der Waals surface area contributed by atoms with E-state index in [1.165, 1.54) is 7.11 Å². The smallest absolute Gasteiger partial charge is 0.407 e. The van der Waals surface area contributed by atoms with Crippen molar-refractivity contribution in [3.63, 3.8) is 0 Å². The van der Waals surface area contributed by atoms with Crippen LogP contribution in [0.15, 0.2) is 30.3 Å². The molecule has 11 nitrogen and oxygen atoms in total. The predicted octanol–water partition coefficient (Wildman–Crippen LogP) is 4.92. The lowest BCUT2D eigenvalue weighted by Gasteiger charge is -2.49. The van der Waals surface area contributed by atoms with E-state index in [2.05, 4.69) is 10.6 Å². The first-order valence-corrected chi connectivity index (χ1v) is 13.2. The van der Waals surface area contributed by atoms with Crippen LogP contribution in [0, 0.1) is 0 Å². The molecule has 0 atom stereocenters. The fourth-order valence-electron chi connectivity index (χ4n) is 5.11. The molecule has 1 fully saturated rings. The van der Waals surface area contributed by atoms with Crippen LogP contribution in [-0.2, 0) is 14.7 Å². The van der Waals surface area contributed by atoms with E-state index in [0.717, 1.165) is 16.2 Å². The highest BCUT2D eigenvalue weighted by Crippen LogP contribution is 2.39. The number of anilines is 1. The molecule has 0 aromatic heterocycles. The molecule has 41 heavy (non-hydrogen) atoms. The monoisotopic (exact) mass is 570 g/mol. The molecule has 2 aromatic rings. The first-order valence-electron chi connectivity index (χ1n) is 13.2. The molecular formula is C30H40N3O8. The Morgan fingerprint density at radius 3 is 1.95 bits per heavy atom. The van der Waals surface area contributed by atoms with Crippen molar-refractivity contribution >= 4 is 29.8 Å². The molecule has 2 aromatic carbocycles. The summed E-state index contributed by atoms with van der Waals surface area (Å²) in [6.45, 7) is 6.99. The van der Waals surface area contributed by atoms with Gasteiger partial charge in [-0.25, -0.2) is 4.79 Å². The quantitative estimate of drug-likeness (QED) is 0.385. The van der Waals surface area contributed by atoms with Gasteiger partial charge in [0.1, 0.15) is 18.4 Å². The van der Waals surface area contributed by atoms with Gasteiger partial charge in [0, 0.05) is 23.9 Å². The SMILES string of the molecule is COc1ccc(/C=C/c2cc(OC)c(OC)c(OC)c2)cc1NC(=O)CNC(=O)OC1CC(C)(C)N([O])C(C)(C)C1. The Morgan fingerprint density at radius 2 is 1.41 bits per heavy atom. The molecule has 1 aliphatic heterocycles. The van der Waals surface area contributed by atoms with Gasteiger partial charge in [0.15, 0.2) is 11.5 Å². The summed E-state index contributed by atoms with van der Waals surface area (Å²) in [5, 5.41) is 18.9. The number of methoxy groups -OCH3 is 4. The number of hydrogen-bond acceptors (Lipinski definition) is 8. The number of piperidine rings is 1. The van der Waals surface area contributed by atoms with Crippen molar-refractivity contribution < 1.29 is 38.5 Å². The lowest BCUT2D eigenvalue weighted by atomic mass is 9.80. The number of amides is 2. The summed E-state index contributed by atoms with van der Waals surface area (Å²) in [5.74, 6) is 1.56. The summed E-state index contributed by atoms with van der Waals surface area (Å²) in [4.78, 5) is 25.1. The molecule has 1 heterocycles. The van der Waals surface area contributed by atoms with Crippen molar-refractivity contribution in [2.45, 2.75) is 57.7 Å². The normalized spacial score (nSPS) is 16.6. The summed E-state index contributed by atoms with van der Waals surface area (Å²) in [7, 11) is 6.15. The van der Waals surface area contributed by atoms with Gasteiger partial charge in [0.25, 0.3) is 0 Å². The third-order valence-electron chi connectivity index (χ3n) is 6.87. The van der Waals surface area contributed by atoms with Gasteiger partial charge in [0.2, 0.25) is 11.7 Å². The van der Waals surface area contributed by atoms with E-state index in [9.17, 15) is 14.8 Å². The van der Waals surface area contributed by atoms with E-state index >= 15 is 0 Å². The zero-order valence-corrected chi connectivity index (χ0v) is 25.0. The zero-order valence-electron chi connectivity index (χ0n) is 25.0. The average Bonchev–Trinajstić information content (AvgIpc) is 2.92. The fourth-order valence-corrected chi connectivity index (χ4v) is 5.11. The van der Waals surface area contributed by atoms with Crippen LogP contribution in [0.4, 0.5) is 10.5 Å². The van der Waals surface area contributed by atoms with Crippen molar-refractivity contribution in [3.05, 3.63) is 41.5 Å². The molecule has 1 aliphatic rings. The molecule has 1 radical (unpaired) electrons. The molecule has 0 spiro atoms. The molecule has 0 bridgehead atoms. The summed E-state index contributed by atoms with van der Waals surface area (Å²) < 4.78 is 27.1. The van der Waals surface area contributed by atoms with Crippen molar-refractivity contribution in [1.82, 2.24) is 10.4 Å². The third kappa shape index (κ3) is 7.83. The molecular weight excluding hydrogens is 530 g/mol. The topological polar surface area (TPSA) is 127 Å². The number of nitrogens with one attached hydrogen (secondary N) is 2. The molecule has 223 valence electrons. The minimum atomic E-state index is -0.718. The Labute approximate surface area is 241 Å².